The highest BCUT2D eigenvalue weighted by Gasteiger charge is 2.37. The SMILES string of the molecule is CNC1CC2CCCC(C1)N2CCN(C)C1CCCC1. The summed E-state index contributed by atoms with van der Waals surface area (Å²) in [6, 6.07) is 3.37. The van der Waals surface area contributed by atoms with Crippen LogP contribution in [0.4, 0.5) is 0 Å². The van der Waals surface area contributed by atoms with Crippen LogP contribution in [0.1, 0.15) is 57.8 Å². The molecule has 3 fully saturated rings. The Labute approximate surface area is 125 Å². The number of likely N-dealkylation sites (N-methyl/N-ethyl adjacent to an activating group) is 1. The number of rotatable bonds is 5. The van der Waals surface area contributed by atoms with Crippen LogP contribution in [0.2, 0.25) is 0 Å². The first-order chi connectivity index (χ1) is 9.78. The lowest BCUT2D eigenvalue weighted by Gasteiger charge is -2.49. The van der Waals surface area contributed by atoms with Gasteiger partial charge in [0.2, 0.25) is 0 Å². The fourth-order valence-corrected chi connectivity index (χ4v) is 4.88. The summed E-state index contributed by atoms with van der Waals surface area (Å²) in [6.07, 6.45) is 12.8. The number of hydrogen-bond acceptors (Lipinski definition) is 3. The van der Waals surface area contributed by atoms with Gasteiger partial charge in [0.05, 0.1) is 0 Å². The second-order valence-electron chi connectivity index (χ2n) is 7.35. The van der Waals surface area contributed by atoms with E-state index in [-0.39, 0.29) is 0 Å². The summed E-state index contributed by atoms with van der Waals surface area (Å²) < 4.78 is 0. The maximum Gasteiger partial charge on any atom is 0.0115 e. The van der Waals surface area contributed by atoms with Crippen molar-refractivity contribution < 1.29 is 0 Å². The summed E-state index contributed by atoms with van der Waals surface area (Å²) in [4.78, 5) is 5.51. The summed E-state index contributed by atoms with van der Waals surface area (Å²) in [6.45, 7) is 2.58. The Morgan fingerprint density at radius 2 is 1.65 bits per heavy atom. The zero-order valence-corrected chi connectivity index (χ0v) is 13.5. The number of nitrogens with one attached hydrogen (secondary N) is 1. The third-order valence-corrected chi connectivity index (χ3v) is 6.19. The van der Waals surface area contributed by atoms with E-state index in [9.17, 15) is 0 Å². The topological polar surface area (TPSA) is 18.5 Å². The quantitative estimate of drug-likeness (QED) is 0.834. The molecule has 20 heavy (non-hydrogen) atoms. The molecule has 1 saturated carbocycles. The molecule has 2 saturated heterocycles. The Morgan fingerprint density at radius 3 is 2.25 bits per heavy atom. The molecule has 0 aromatic heterocycles. The maximum atomic E-state index is 3.53. The molecule has 2 atom stereocenters. The number of nitrogens with zero attached hydrogens (tertiary/aromatic N) is 2. The molecule has 1 N–H and O–H groups in total. The van der Waals surface area contributed by atoms with E-state index in [1.165, 1.54) is 70.9 Å². The molecule has 0 radical (unpaired) electrons. The van der Waals surface area contributed by atoms with Crippen LogP contribution in [0.3, 0.4) is 0 Å². The first-order valence-electron chi connectivity index (χ1n) is 8.91. The normalized spacial score (nSPS) is 35.9. The van der Waals surface area contributed by atoms with Crippen LogP contribution in [-0.2, 0) is 0 Å². The van der Waals surface area contributed by atoms with Gasteiger partial charge in [-0.3, -0.25) is 4.90 Å². The summed E-state index contributed by atoms with van der Waals surface area (Å²) in [5, 5.41) is 3.53. The zero-order chi connectivity index (χ0) is 13.9. The van der Waals surface area contributed by atoms with Gasteiger partial charge in [-0.25, -0.2) is 0 Å². The molecule has 0 spiro atoms. The molecular weight excluding hydrogens is 246 g/mol. The van der Waals surface area contributed by atoms with Crippen molar-refractivity contribution >= 4 is 0 Å². The van der Waals surface area contributed by atoms with E-state index >= 15 is 0 Å². The van der Waals surface area contributed by atoms with Crippen LogP contribution in [0.5, 0.6) is 0 Å². The van der Waals surface area contributed by atoms with Gasteiger partial charge in [-0.05, 0) is 52.6 Å². The molecule has 2 bridgehead atoms. The van der Waals surface area contributed by atoms with E-state index in [4.69, 9.17) is 0 Å². The van der Waals surface area contributed by atoms with Gasteiger partial charge in [0.15, 0.2) is 0 Å². The number of hydrogen-bond donors (Lipinski definition) is 1. The molecule has 2 heterocycles. The Hall–Kier alpha value is -0.120. The van der Waals surface area contributed by atoms with Gasteiger partial charge in [-0.2, -0.15) is 0 Å². The molecule has 2 unspecified atom stereocenters. The third-order valence-electron chi connectivity index (χ3n) is 6.19. The highest BCUT2D eigenvalue weighted by Crippen LogP contribution is 2.34. The Balaban J connectivity index is 1.51. The van der Waals surface area contributed by atoms with Gasteiger partial charge in [-0.1, -0.05) is 19.3 Å². The first kappa shape index (κ1) is 14.8. The maximum absolute atomic E-state index is 3.53. The first-order valence-corrected chi connectivity index (χ1v) is 8.91. The predicted octanol–water partition coefficient (Wildman–Crippen LogP) is 2.47. The molecule has 3 rings (SSSR count). The lowest BCUT2D eigenvalue weighted by molar-refractivity contribution is 0.0175. The monoisotopic (exact) mass is 279 g/mol. The van der Waals surface area contributed by atoms with Crippen molar-refractivity contribution in [2.45, 2.75) is 82.0 Å². The van der Waals surface area contributed by atoms with Gasteiger partial charge in [0.25, 0.3) is 0 Å². The minimum atomic E-state index is 0.772. The summed E-state index contributed by atoms with van der Waals surface area (Å²) in [5.74, 6) is 0. The van der Waals surface area contributed by atoms with E-state index in [1.807, 2.05) is 0 Å². The Morgan fingerprint density at radius 1 is 1.00 bits per heavy atom. The minimum absolute atomic E-state index is 0.772. The average molecular weight is 279 g/mol. The molecule has 3 aliphatic rings. The van der Waals surface area contributed by atoms with Crippen LogP contribution in [0.15, 0.2) is 0 Å². The van der Waals surface area contributed by atoms with E-state index in [0.29, 0.717) is 0 Å². The molecule has 3 heteroatoms. The van der Waals surface area contributed by atoms with Crippen molar-refractivity contribution in [1.29, 1.82) is 0 Å². The van der Waals surface area contributed by atoms with Crippen molar-refractivity contribution in [2.75, 3.05) is 27.2 Å². The van der Waals surface area contributed by atoms with E-state index in [0.717, 1.165) is 24.2 Å². The minimum Gasteiger partial charge on any atom is -0.317 e. The highest BCUT2D eigenvalue weighted by molar-refractivity contribution is 4.95. The predicted molar refractivity (Wildman–Crippen MR) is 85.1 cm³/mol. The second kappa shape index (κ2) is 6.76. The second-order valence-corrected chi connectivity index (χ2v) is 7.35. The lowest BCUT2D eigenvalue weighted by Crippen LogP contribution is -2.57. The van der Waals surface area contributed by atoms with Crippen LogP contribution < -0.4 is 5.32 Å². The van der Waals surface area contributed by atoms with Crippen LogP contribution in [0, 0.1) is 0 Å². The Kier molecular flexibility index (Phi) is 5.00. The standard InChI is InChI=1S/C17H33N3/c1-18-14-12-16-8-5-9-17(13-14)20(16)11-10-19(2)15-6-3-4-7-15/h14-18H,3-13H2,1-2H3. The molecule has 1 aliphatic carbocycles. The van der Waals surface area contributed by atoms with Crippen molar-refractivity contribution in [3.63, 3.8) is 0 Å². The van der Waals surface area contributed by atoms with E-state index in [1.54, 1.807) is 0 Å². The fourth-order valence-electron chi connectivity index (χ4n) is 4.88. The fraction of sp³-hybridized carbons (Fsp3) is 1.00. The van der Waals surface area contributed by atoms with Crippen molar-refractivity contribution in [2.24, 2.45) is 0 Å². The smallest absolute Gasteiger partial charge is 0.0115 e. The molecule has 116 valence electrons. The van der Waals surface area contributed by atoms with E-state index < -0.39 is 0 Å². The number of piperidine rings is 2. The zero-order valence-electron chi connectivity index (χ0n) is 13.5. The molecule has 3 nitrogen and oxygen atoms in total. The van der Waals surface area contributed by atoms with Gasteiger partial charge in [0, 0.05) is 37.3 Å². The molecule has 0 amide bonds. The van der Waals surface area contributed by atoms with Crippen LogP contribution in [-0.4, -0.2) is 61.2 Å². The van der Waals surface area contributed by atoms with Crippen molar-refractivity contribution in [3.8, 4) is 0 Å². The lowest BCUT2D eigenvalue weighted by atomic mass is 9.82. The number of fused-ring (bicyclic) bond motifs is 2. The van der Waals surface area contributed by atoms with Crippen LogP contribution >= 0.6 is 0 Å². The molecule has 0 aromatic rings. The average Bonchev–Trinajstić information content (AvgIpc) is 2.98. The summed E-state index contributed by atoms with van der Waals surface area (Å²) >= 11 is 0. The largest absolute Gasteiger partial charge is 0.317 e. The molecule has 0 aromatic carbocycles. The Bertz CT molecular complexity index is 287. The van der Waals surface area contributed by atoms with Gasteiger partial charge < -0.3 is 10.2 Å². The van der Waals surface area contributed by atoms with Crippen molar-refractivity contribution in [3.05, 3.63) is 0 Å². The third kappa shape index (κ3) is 3.20. The van der Waals surface area contributed by atoms with Gasteiger partial charge in [-0.15, -0.1) is 0 Å². The summed E-state index contributed by atoms with van der Waals surface area (Å²) in [5.41, 5.74) is 0. The van der Waals surface area contributed by atoms with Gasteiger partial charge >= 0.3 is 0 Å². The molecule has 2 aliphatic heterocycles. The van der Waals surface area contributed by atoms with E-state index in [2.05, 4.69) is 29.2 Å². The highest BCUT2D eigenvalue weighted by atomic mass is 15.2. The summed E-state index contributed by atoms with van der Waals surface area (Å²) in [7, 11) is 4.50. The van der Waals surface area contributed by atoms with Gasteiger partial charge in [0.1, 0.15) is 0 Å². The van der Waals surface area contributed by atoms with Crippen molar-refractivity contribution in [1.82, 2.24) is 15.1 Å². The van der Waals surface area contributed by atoms with Crippen LogP contribution in [0.25, 0.3) is 0 Å². The molecular formula is C17H33N3.